The molecule has 0 aliphatic carbocycles. The average Bonchev–Trinajstić information content (AvgIpc) is 2.48. The molecule has 0 radical (unpaired) electrons. The van der Waals surface area contributed by atoms with Crippen LogP contribution in [0.1, 0.15) is 5.56 Å². The number of nitro groups is 1. The largest absolute Gasteiger partial charge is 0.490 e. The van der Waals surface area contributed by atoms with Crippen molar-refractivity contribution in [2.24, 2.45) is 0 Å². The fourth-order valence-corrected chi connectivity index (χ4v) is 1.62. The summed E-state index contributed by atoms with van der Waals surface area (Å²) in [6.07, 6.45) is 2.83. The van der Waals surface area contributed by atoms with Crippen LogP contribution in [0.15, 0.2) is 49.2 Å². The van der Waals surface area contributed by atoms with Gasteiger partial charge in [-0.25, -0.2) is 4.98 Å². The fourth-order valence-electron chi connectivity index (χ4n) is 1.62. The minimum atomic E-state index is -0.491. The third-order valence-electron chi connectivity index (χ3n) is 2.63. The number of hydrogen-bond donors (Lipinski definition) is 0. The van der Waals surface area contributed by atoms with Crippen LogP contribution in [-0.4, -0.2) is 16.5 Å². The molecule has 108 valence electrons. The first kappa shape index (κ1) is 14.5. The molecule has 1 aromatic carbocycles. The maximum absolute atomic E-state index is 10.7. The van der Waals surface area contributed by atoms with Gasteiger partial charge in [0.1, 0.15) is 24.3 Å². The van der Waals surface area contributed by atoms with Crippen molar-refractivity contribution in [3.63, 3.8) is 0 Å². The Bertz CT molecular complexity index is 653. The molecule has 0 unspecified atom stereocenters. The van der Waals surface area contributed by atoms with Crippen LogP contribution in [0.3, 0.4) is 0 Å². The van der Waals surface area contributed by atoms with Crippen molar-refractivity contribution in [1.29, 1.82) is 0 Å². The van der Waals surface area contributed by atoms with Gasteiger partial charge in [0.2, 0.25) is 5.88 Å². The molecule has 21 heavy (non-hydrogen) atoms. The first-order valence-electron chi connectivity index (χ1n) is 6.23. The van der Waals surface area contributed by atoms with Gasteiger partial charge in [0, 0.05) is 11.6 Å². The van der Waals surface area contributed by atoms with E-state index in [9.17, 15) is 10.1 Å². The molecular formula is C15H14N2O4. The van der Waals surface area contributed by atoms with Crippen molar-refractivity contribution < 1.29 is 14.4 Å². The summed E-state index contributed by atoms with van der Waals surface area (Å²) in [5, 5.41) is 10.7. The van der Waals surface area contributed by atoms with Gasteiger partial charge in [-0.2, -0.15) is 0 Å². The van der Waals surface area contributed by atoms with Crippen LogP contribution in [0.5, 0.6) is 17.4 Å². The minimum Gasteiger partial charge on any atom is -0.490 e. The van der Waals surface area contributed by atoms with Crippen LogP contribution < -0.4 is 9.47 Å². The van der Waals surface area contributed by atoms with Crippen molar-refractivity contribution in [1.82, 2.24) is 4.98 Å². The summed E-state index contributed by atoms with van der Waals surface area (Å²) in [5.74, 6) is 1.61. The fraction of sp³-hybridized carbons (Fsp3) is 0.133. The number of benzene rings is 1. The second-order valence-corrected chi connectivity index (χ2v) is 4.25. The normalized spacial score (nSPS) is 9.95. The zero-order valence-electron chi connectivity index (χ0n) is 11.5. The molecule has 0 amide bonds. The van der Waals surface area contributed by atoms with E-state index in [0.29, 0.717) is 29.5 Å². The maximum Gasteiger partial charge on any atom is 0.288 e. The van der Waals surface area contributed by atoms with Gasteiger partial charge < -0.3 is 9.47 Å². The van der Waals surface area contributed by atoms with Gasteiger partial charge in [-0.15, -0.1) is 0 Å². The van der Waals surface area contributed by atoms with Gasteiger partial charge in [-0.3, -0.25) is 10.1 Å². The molecule has 6 heteroatoms. The zero-order valence-corrected chi connectivity index (χ0v) is 11.5. The van der Waals surface area contributed by atoms with E-state index in [1.54, 1.807) is 37.3 Å². The number of aromatic nitrogens is 1. The standard InChI is InChI=1S/C15H14N2O4/c1-3-8-20-13-4-6-14(7-5-13)21-15-11(2)9-12(10-16-15)17(18)19/h3-7,9-10H,1,8H2,2H3. The molecule has 0 atom stereocenters. The van der Waals surface area contributed by atoms with E-state index >= 15 is 0 Å². The summed E-state index contributed by atoms with van der Waals surface area (Å²) in [7, 11) is 0. The lowest BCUT2D eigenvalue weighted by molar-refractivity contribution is -0.385. The molecule has 0 aliphatic rings. The Morgan fingerprint density at radius 1 is 1.33 bits per heavy atom. The number of pyridine rings is 1. The third kappa shape index (κ3) is 3.79. The van der Waals surface area contributed by atoms with Crippen LogP contribution in [0, 0.1) is 17.0 Å². The monoisotopic (exact) mass is 286 g/mol. The molecule has 0 bridgehead atoms. The highest BCUT2D eigenvalue weighted by Crippen LogP contribution is 2.26. The molecule has 2 rings (SSSR count). The van der Waals surface area contributed by atoms with E-state index < -0.39 is 4.92 Å². The lowest BCUT2D eigenvalue weighted by atomic mass is 10.3. The quantitative estimate of drug-likeness (QED) is 0.460. The Morgan fingerprint density at radius 3 is 2.57 bits per heavy atom. The van der Waals surface area contributed by atoms with E-state index in [1.165, 1.54) is 12.3 Å². The topological polar surface area (TPSA) is 74.5 Å². The first-order chi connectivity index (χ1) is 10.1. The van der Waals surface area contributed by atoms with E-state index in [2.05, 4.69) is 11.6 Å². The number of aryl methyl sites for hydroxylation is 1. The summed E-state index contributed by atoms with van der Waals surface area (Å²) in [6, 6.07) is 8.42. The molecule has 0 N–H and O–H groups in total. The van der Waals surface area contributed by atoms with Crippen LogP contribution in [0.2, 0.25) is 0 Å². The SMILES string of the molecule is C=CCOc1ccc(Oc2ncc([N+](=O)[O-])cc2C)cc1. The Balaban J connectivity index is 2.11. The summed E-state index contributed by atoms with van der Waals surface area (Å²) in [5.41, 5.74) is 0.532. The van der Waals surface area contributed by atoms with E-state index in [-0.39, 0.29) is 5.69 Å². The summed E-state index contributed by atoms with van der Waals surface area (Å²) in [6.45, 7) is 5.71. The van der Waals surface area contributed by atoms with Crippen molar-refractivity contribution >= 4 is 5.69 Å². The first-order valence-corrected chi connectivity index (χ1v) is 6.23. The molecule has 1 heterocycles. The van der Waals surface area contributed by atoms with Gasteiger partial charge in [0.25, 0.3) is 5.69 Å². The summed E-state index contributed by atoms with van der Waals surface area (Å²) >= 11 is 0. The van der Waals surface area contributed by atoms with Gasteiger partial charge in [-0.05, 0) is 31.2 Å². The predicted molar refractivity (Wildman–Crippen MR) is 77.8 cm³/mol. The van der Waals surface area contributed by atoms with Gasteiger partial charge in [0.15, 0.2) is 0 Å². The van der Waals surface area contributed by atoms with Gasteiger partial charge in [-0.1, -0.05) is 12.7 Å². The second kappa shape index (κ2) is 6.51. The van der Waals surface area contributed by atoms with Crippen molar-refractivity contribution in [2.75, 3.05) is 6.61 Å². The number of rotatable bonds is 6. The molecule has 1 aromatic heterocycles. The molecule has 2 aromatic rings. The Kier molecular flexibility index (Phi) is 4.50. The van der Waals surface area contributed by atoms with Crippen molar-refractivity contribution in [3.8, 4) is 17.4 Å². The highest BCUT2D eigenvalue weighted by atomic mass is 16.6. The average molecular weight is 286 g/mol. The molecule has 0 saturated carbocycles. The smallest absolute Gasteiger partial charge is 0.288 e. The Morgan fingerprint density at radius 2 is 2.00 bits per heavy atom. The molecule has 0 fully saturated rings. The van der Waals surface area contributed by atoms with Crippen LogP contribution >= 0.6 is 0 Å². The van der Waals surface area contributed by atoms with Crippen molar-refractivity contribution in [2.45, 2.75) is 6.92 Å². The number of hydrogen-bond acceptors (Lipinski definition) is 5. The summed E-state index contributed by atoms with van der Waals surface area (Å²) in [4.78, 5) is 14.1. The Hall–Kier alpha value is -2.89. The lowest BCUT2D eigenvalue weighted by Crippen LogP contribution is -1.95. The minimum absolute atomic E-state index is 0.0620. The van der Waals surface area contributed by atoms with E-state index in [0.717, 1.165) is 0 Å². The lowest BCUT2D eigenvalue weighted by Gasteiger charge is -2.08. The van der Waals surface area contributed by atoms with Crippen molar-refractivity contribution in [3.05, 3.63) is 64.9 Å². The number of nitrogens with zero attached hydrogens (tertiary/aromatic N) is 2. The maximum atomic E-state index is 10.7. The summed E-state index contributed by atoms with van der Waals surface area (Å²) < 4.78 is 11.0. The third-order valence-corrected chi connectivity index (χ3v) is 2.63. The molecule has 0 saturated heterocycles. The Labute approximate surface area is 121 Å². The highest BCUT2D eigenvalue weighted by Gasteiger charge is 2.11. The molecule has 6 nitrogen and oxygen atoms in total. The highest BCUT2D eigenvalue weighted by molar-refractivity contribution is 5.40. The molecule has 0 spiro atoms. The zero-order chi connectivity index (χ0) is 15.2. The van der Waals surface area contributed by atoms with Crippen LogP contribution in [-0.2, 0) is 0 Å². The van der Waals surface area contributed by atoms with Crippen LogP contribution in [0.25, 0.3) is 0 Å². The molecule has 0 aliphatic heterocycles. The number of ether oxygens (including phenoxy) is 2. The molecular weight excluding hydrogens is 272 g/mol. The van der Waals surface area contributed by atoms with E-state index in [1.807, 2.05) is 0 Å². The second-order valence-electron chi connectivity index (χ2n) is 4.25. The predicted octanol–water partition coefficient (Wildman–Crippen LogP) is 3.66. The van der Waals surface area contributed by atoms with Crippen LogP contribution in [0.4, 0.5) is 5.69 Å². The van der Waals surface area contributed by atoms with E-state index in [4.69, 9.17) is 9.47 Å². The van der Waals surface area contributed by atoms with Gasteiger partial charge in [0.05, 0.1) is 4.92 Å². The van der Waals surface area contributed by atoms with Gasteiger partial charge >= 0.3 is 0 Å².